The Morgan fingerprint density at radius 3 is 2.48 bits per heavy atom. The van der Waals surface area contributed by atoms with Gasteiger partial charge in [0.15, 0.2) is 0 Å². The molecule has 0 N–H and O–H groups in total. The van der Waals surface area contributed by atoms with E-state index in [2.05, 4.69) is 0 Å². The molecule has 0 aromatic heterocycles. The largest absolute Gasteiger partial charge is 0.338 e. The van der Waals surface area contributed by atoms with E-state index in [1.54, 1.807) is 42.3 Å². The monoisotopic (exact) mass is 302 g/mol. The quantitative estimate of drug-likeness (QED) is 0.625. The molecule has 0 bridgehead atoms. The number of carbonyl (C=O) groups is 1. The van der Waals surface area contributed by atoms with E-state index in [-0.39, 0.29) is 17.5 Å². The fraction of sp³-hybridized carbons (Fsp3) is 0.412. The molecule has 3 nitrogen and oxygen atoms in total. The molecule has 0 spiro atoms. The molecular formula is C17H19ClN2O. The number of halogens is 1. The van der Waals surface area contributed by atoms with Crippen molar-refractivity contribution < 1.29 is 4.79 Å². The van der Waals surface area contributed by atoms with E-state index >= 15 is 0 Å². The first-order chi connectivity index (χ1) is 10.1. The van der Waals surface area contributed by atoms with Crippen molar-refractivity contribution in [2.45, 2.75) is 38.1 Å². The van der Waals surface area contributed by atoms with Crippen molar-refractivity contribution in [1.29, 1.82) is 5.26 Å². The first-order valence-corrected chi connectivity index (χ1v) is 7.64. The summed E-state index contributed by atoms with van der Waals surface area (Å²) in [7, 11) is 1.80. The van der Waals surface area contributed by atoms with Gasteiger partial charge in [0.25, 0.3) is 5.91 Å². The molecule has 1 saturated carbocycles. The topological polar surface area (TPSA) is 44.1 Å². The maximum atomic E-state index is 12.5. The second kappa shape index (κ2) is 7.28. The van der Waals surface area contributed by atoms with Gasteiger partial charge < -0.3 is 4.90 Å². The molecule has 0 saturated heterocycles. The Balaban J connectivity index is 2.14. The SMILES string of the molecule is CN(C(=O)/C(C#N)=C/c1ccc(Cl)cc1)C1CCCCC1. The van der Waals surface area contributed by atoms with Gasteiger partial charge in [0.1, 0.15) is 11.6 Å². The van der Waals surface area contributed by atoms with Crippen LogP contribution in [0.15, 0.2) is 29.8 Å². The summed E-state index contributed by atoms with van der Waals surface area (Å²) < 4.78 is 0. The van der Waals surface area contributed by atoms with E-state index in [4.69, 9.17) is 11.6 Å². The maximum Gasteiger partial charge on any atom is 0.264 e. The van der Waals surface area contributed by atoms with Gasteiger partial charge in [-0.05, 0) is 36.6 Å². The number of nitriles is 1. The van der Waals surface area contributed by atoms with Gasteiger partial charge in [-0.25, -0.2) is 0 Å². The standard InChI is InChI=1S/C17H19ClN2O/c1-20(16-5-3-2-4-6-16)17(21)14(12-19)11-13-7-9-15(18)10-8-13/h7-11,16H,2-6H2,1H3/b14-11+. The Kier molecular flexibility index (Phi) is 5.41. The van der Waals surface area contributed by atoms with Crippen molar-refractivity contribution in [3.05, 3.63) is 40.4 Å². The molecular weight excluding hydrogens is 284 g/mol. The molecule has 1 aromatic carbocycles. The van der Waals surface area contributed by atoms with E-state index in [0.29, 0.717) is 5.02 Å². The smallest absolute Gasteiger partial charge is 0.264 e. The molecule has 0 aliphatic heterocycles. The highest BCUT2D eigenvalue weighted by Crippen LogP contribution is 2.23. The molecule has 2 rings (SSSR count). The molecule has 1 aromatic rings. The number of nitrogens with zero attached hydrogens (tertiary/aromatic N) is 2. The van der Waals surface area contributed by atoms with Crippen LogP contribution in [-0.4, -0.2) is 23.9 Å². The highest BCUT2D eigenvalue weighted by atomic mass is 35.5. The number of benzene rings is 1. The first kappa shape index (κ1) is 15.6. The summed E-state index contributed by atoms with van der Waals surface area (Å²) in [6.45, 7) is 0. The van der Waals surface area contributed by atoms with Gasteiger partial charge in [-0.1, -0.05) is 43.0 Å². The van der Waals surface area contributed by atoms with Crippen LogP contribution in [0.4, 0.5) is 0 Å². The lowest BCUT2D eigenvalue weighted by Crippen LogP contribution is -2.38. The Bertz CT molecular complexity index is 565. The average Bonchev–Trinajstić information content (AvgIpc) is 2.54. The van der Waals surface area contributed by atoms with Crippen molar-refractivity contribution >= 4 is 23.6 Å². The third-order valence-electron chi connectivity index (χ3n) is 3.97. The predicted octanol–water partition coefficient (Wildman–Crippen LogP) is 4.04. The van der Waals surface area contributed by atoms with Crippen LogP contribution in [0, 0.1) is 11.3 Å². The molecule has 1 fully saturated rings. The Morgan fingerprint density at radius 1 is 1.29 bits per heavy atom. The fourth-order valence-electron chi connectivity index (χ4n) is 2.69. The lowest BCUT2D eigenvalue weighted by atomic mass is 9.94. The van der Waals surface area contributed by atoms with E-state index in [1.807, 2.05) is 6.07 Å². The number of rotatable bonds is 3. The van der Waals surface area contributed by atoms with E-state index in [1.165, 1.54) is 6.42 Å². The predicted molar refractivity (Wildman–Crippen MR) is 84.7 cm³/mol. The molecule has 1 amide bonds. The minimum atomic E-state index is -0.195. The van der Waals surface area contributed by atoms with Crippen LogP contribution in [0.2, 0.25) is 5.02 Å². The van der Waals surface area contributed by atoms with Crippen LogP contribution < -0.4 is 0 Å². The summed E-state index contributed by atoms with van der Waals surface area (Å²) in [5.74, 6) is -0.195. The molecule has 1 aliphatic carbocycles. The van der Waals surface area contributed by atoms with Crippen LogP contribution >= 0.6 is 11.6 Å². The second-order valence-corrected chi connectivity index (χ2v) is 5.87. The molecule has 110 valence electrons. The van der Waals surface area contributed by atoms with Gasteiger partial charge in [-0.15, -0.1) is 0 Å². The second-order valence-electron chi connectivity index (χ2n) is 5.43. The molecule has 1 aliphatic rings. The van der Waals surface area contributed by atoms with Crippen molar-refractivity contribution in [2.75, 3.05) is 7.05 Å². The van der Waals surface area contributed by atoms with Crippen molar-refractivity contribution in [3.63, 3.8) is 0 Å². The zero-order chi connectivity index (χ0) is 15.2. The summed E-state index contributed by atoms with van der Waals surface area (Å²) >= 11 is 5.84. The van der Waals surface area contributed by atoms with E-state index < -0.39 is 0 Å². The van der Waals surface area contributed by atoms with Crippen LogP contribution in [0.3, 0.4) is 0 Å². The van der Waals surface area contributed by atoms with Crippen LogP contribution in [0.25, 0.3) is 6.08 Å². The van der Waals surface area contributed by atoms with Crippen LogP contribution in [0.5, 0.6) is 0 Å². The number of hydrogen-bond acceptors (Lipinski definition) is 2. The Labute approximate surface area is 130 Å². The first-order valence-electron chi connectivity index (χ1n) is 7.26. The van der Waals surface area contributed by atoms with Crippen LogP contribution in [0.1, 0.15) is 37.7 Å². The molecule has 0 radical (unpaired) electrons. The molecule has 0 unspecified atom stereocenters. The minimum Gasteiger partial charge on any atom is -0.338 e. The van der Waals surface area contributed by atoms with Gasteiger partial charge in [0.2, 0.25) is 0 Å². The van der Waals surface area contributed by atoms with E-state index in [0.717, 1.165) is 31.2 Å². The van der Waals surface area contributed by atoms with Crippen molar-refractivity contribution in [2.24, 2.45) is 0 Å². The van der Waals surface area contributed by atoms with E-state index in [9.17, 15) is 10.1 Å². The normalized spacial score (nSPS) is 16.3. The van der Waals surface area contributed by atoms with Crippen molar-refractivity contribution in [1.82, 2.24) is 4.90 Å². The number of likely N-dealkylation sites (N-methyl/N-ethyl adjacent to an activating group) is 1. The van der Waals surface area contributed by atoms with Gasteiger partial charge in [-0.3, -0.25) is 4.79 Å². The zero-order valence-electron chi connectivity index (χ0n) is 12.2. The summed E-state index contributed by atoms with van der Waals surface area (Å²) in [4.78, 5) is 14.2. The minimum absolute atomic E-state index is 0.172. The van der Waals surface area contributed by atoms with Crippen molar-refractivity contribution in [3.8, 4) is 6.07 Å². The molecule has 0 heterocycles. The lowest BCUT2D eigenvalue weighted by molar-refractivity contribution is -0.127. The summed E-state index contributed by atoms with van der Waals surface area (Å²) in [5.41, 5.74) is 0.978. The van der Waals surface area contributed by atoms with Gasteiger partial charge in [-0.2, -0.15) is 5.26 Å². The zero-order valence-corrected chi connectivity index (χ0v) is 12.9. The molecule has 21 heavy (non-hydrogen) atoms. The Hall–Kier alpha value is -1.79. The summed E-state index contributed by atoms with van der Waals surface area (Å²) in [6, 6.07) is 9.37. The highest BCUT2D eigenvalue weighted by Gasteiger charge is 2.24. The number of amides is 1. The third-order valence-corrected chi connectivity index (χ3v) is 4.23. The maximum absolute atomic E-state index is 12.5. The van der Waals surface area contributed by atoms with Gasteiger partial charge in [0.05, 0.1) is 0 Å². The molecule has 0 atom stereocenters. The number of carbonyl (C=O) groups excluding carboxylic acids is 1. The number of hydrogen-bond donors (Lipinski definition) is 0. The summed E-state index contributed by atoms with van der Waals surface area (Å²) in [6.07, 6.45) is 7.24. The van der Waals surface area contributed by atoms with Gasteiger partial charge in [0, 0.05) is 18.1 Å². The third kappa shape index (κ3) is 4.09. The average molecular weight is 303 g/mol. The van der Waals surface area contributed by atoms with Crippen LogP contribution in [-0.2, 0) is 4.79 Å². The van der Waals surface area contributed by atoms with Gasteiger partial charge >= 0.3 is 0 Å². The lowest BCUT2D eigenvalue weighted by Gasteiger charge is -2.31. The highest BCUT2D eigenvalue weighted by molar-refractivity contribution is 6.30. The summed E-state index contributed by atoms with van der Waals surface area (Å²) in [5, 5.41) is 9.90. The fourth-order valence-corrected chi connectivity index (χ4v) is 2.82. The Morgan fingerprint density at radius 2 is 1.90 bits per heavy atom. The molecule has 4 heteroatoms.